The number of carbonyl (C=O) groups excluding carboxylic acids is 1. The van der Waals surface area contributed by atoms with Gasteiger partial charge in [-0.15, -0.1) is 22.7 Å². The Morgan fingerprint density at radius 3 is 2.40 bits per heavy atom. The zero-order valence-corrected chi connectivity index (χ0v) is 9.35. The van der Waals surface area contributed by atoms with Gasteiger partial charge in [0.2, 0.25) is 0 Å². The lowest BCUT2D eigenvalue weighted by atomic mass is 10.3. The van der Waals surface area contributed by atoms with E-state index in [-0.39, 0.29) is 9.75 Å². The minimum Gasteiger partial charge on any atom is -0.297 e. The van der Waals surface area contributed by atoms with Crippen LogP contribution in [0, 0.1) is 18.6 Å². The van der Waals surface area contributed by atoms with Crippen LogP contribution in [0.3, 0.4) is 0 Å². The summed E-state index contributed by atoms with van der Waals surface area (Å²) in [6.45, 7) is 1.89. The largest absolute Gasteiger partial charge is 0.297 e. The number of hydrogen-bond donors (Lipinski definition) is 0. The summed E-state index contributed by atoms with van der Waals surface area (Å²) in [5, 5.41) is 0. The fourth-order valence-corrected chi connectivity index (χ4v) is 3.04. The van der Waals surface area contributed by atoms with Gasteiger partial charge in [0.25, 0.3) is 0 Å². The fourth-order valence-electron chi connectivity index (χ4n) is 1.20. The topological polar surface area (TPSA) is 17.1 Å². The highest BCUT2D eigenvalue weighted by Crippen LogP contribution is 2.37. The Kier molecular flexibility index (Phi) is 2.67. The normalized spacial score (nSPS) is 10.6. The summed E-state index contributed by atoms with van der Waals surface area (Å²) in [5.41, 5.74) is 0. The van der Waals surface area contributed by atoms with Gasteiger partial charge in [-0.2, -0.15) is 0 Å². The number of hydrogen-bond acceptors (Lipinski definition) is 3. The highest BCUT2D eigenvalue weighted by molar-refractivity contribution is 7.22. The smallest absolute Gasteiger partial charge is 0.180 e. The van der Waals surface area contributed by atoms with Crippen LogP contribution in [0.15, 0.2) is 12.1 Å². The summed E-state index contributed by atoms with van der Waals surface area (Å²) in [6, 6.07) is 3.56. The van der Waals surface area contributed by atoms with Gasteiger partial charge in [-0.25, -0.2) is 8.78 Å². The summed E-state index contributed by atoms with van der Waals surface area (Å²) < 4.78 is 26.5. The molecule has 0 aliphatic rings. The van der Waals surface area contributed by atoms with Crippen molar-refractivity contribution in [2.24, 2.45) is 0 Å². The molecule has 0 radical (unpaired) electrons. The van der Waals surface area contributed by atoms with E-state index in [0.717, 1.165) is 16.2 Å². The van der Waals surface area contributed by atoms with Crippen LogP contribution in [0.2, 0.25) is 0 Å². The van der Waals surface area contributed by atoms with Crippen molar-refractivity contribution in [3.05, 3.63) is 33.5 Å². The Balaban J connectivity index is 2.58. The third kappa shape index (κ3) is 1.72. The van der Waals surface area contributed by atoms with E-state index in [0.29, 0.717) is 11.2 Å². The number of carbonyl (C=O) groups is 1. The number of aldehydes is 1. The maximum Gasteiger partial charge on any atom is 0.180 e. The SMILES string of the molecule is Cc1ccc(-c2sc(C=O)c(F)c2F)s1. The molecule has 2 heterocycles. The fraction of sp³-hybridized carbons (Fsp3) is 0.100. The molecule has 0 unspecified atom stereocenters. The van der Waals surface area contributed by atoms with Gasteiger partial charge < -0.3 is 0 Å². The molecule has 2 aromatic heterocycles. The first-order valence-electron chi connectivity index (χ1n) is 4.13. The van der Waals surface area contributed by atoms with Gasteiger partial charge >= 0.3 is 0 Å². The lowest BCUT2D eigenvalue weighted by molar-refractivity contribution is 0.112. The maximum absolute atomic E-state index is 13.4. The third-order valence-electron chi connectivity index (χ3n) is 1.89. The van der Waals surface area contributed by atoms with Crippen LogP contribution in [0.25, 0.3) is 9.75 Å². The lowest BCUT2D eigenvalue weighted by Gasteiger charge is -1.89. The summed E-state index contributed by atoms with van der Waals surface area (Å²) in [5.74, 6) is -1.97. The standard InChI is InChI=1S/C10H6F2OS2/c1-5-2-3-6(14-5)10-9(12)8(11)7(4-13)15-10/h2-4H,1H3. The molecule has 0 atom stereocenters. The molecule has 0 fully saturated rings. The highest BCUT2D eigenvalue weighted by atomic mass is 32.1. The van der Waals surface area contributed by atoms with E-state index in [1.807, 2.05) is 13.0 Å². The van der Waals surface area contributed by atoms with E-state index >= 15 is 0 Å². The molecule has 78 valence electrons. The van der Waals surface area contributed by atoms with E-state index in [4.69, 9.17) is 0 Å². The predicted octanol–water partition coefficient (Wildman–Crippen LogP) is 3.88. The van der Waals surface area contributed by atoms with Gasteiger partial charge in [0.15, 0.2) is 17.9 Å². The third-order valence-corrected chi connectivity index (χ3v) is 4.14. The average Bonchev–Trinajstić information content (AvgIpc) is 2.74. The Labute approximate surface area is 93.0 Å². The maximum atomic E-state index is 13.4. The van der Waals surface area contributed by atoms with Gasteiger partial charge in [-0.3, -0.25) is 4.79 Å². The monoisotopic (exact) mass is 244 g/mol. The molecule has 0 aromatic carbocycles. The van der Waals surface area contributed by atoms with Crippen LogP contribution in [0.4, 0.5) is 8.78 Å². The van der Waals surface area contributed by atoms with Crippen molar-refractivity contribution < 1.29 is 13.6 Å². The molecule has 0 amide bonds. The Bertz CT molecular complexity index is 513. The molecule has 0 saturated carbocycles. The van der Waals surface area contributed by atoms with Gasteiger partial charge in [0.05, 0.1) is 4.88 Å². The summed E-state index contributed by atoms with van der Waals surface area (Å²) >= 11 is 2.22. The van der Waals surface area contributed by atoms with E-state index in [1.165, 1.54) is 11.3 Å². The first-order valence-corrected chi connectivity index (χ1v) is 5.76. The van der Waals surface area contributed by atoms with Crippen LogP contribution in [0.5, 0.6) is 0 Å². The van der Waals surface area contributed by atoms with Crippen LogP contribution in [-0.2, 0) is 0 Å². The molecule has 2 aromatic rings. The molecule has 2 rings (SSSR count). The zero-order valence-electron chi connectivity index (χ0n) is 7.71. The summed E-state index contributed by atoms with van der Waals surface area (Å²) in [7, 11) is 0. The van der Waals surface area contributed by atoms with Crippen LogP contribution in [0.1, 0.15) is 14.5 Å². The van der Waals surface area contributed by atoms with Gasteiger partial charge in [-0.05, 0) is 19.1 Å². The van der Waals surface area contributed by atoms with E-state index in [2.05, 4.69) is 0 Å². The van der Waals surface area contributed by atoms with Gasteiger partial charge in [0.1, 0.15) is 4.88 Å². The van der Waals surface area contributed by atoms with Gasteiger partial charge in [-0.1, -0.05) is 0 Å². The number of halogens is 2. The number of thiophene rings is 2. The van der Waals surface area contributed by atoms with Crippen molar-refractivity contribution in [1.82, 2.24) is 0 Å². The molecule has 15 heavy (non-hydrogen) atoms. The summed E-state index contributed by atoms with van der Waals surface area (Å²) in [4.78, 5) is 12.1. The van der Waals surface area contributed by atoms with Crippen LogP contribution >= 0.6 is 22.7 Å². The first kappa shape index (κ1) is 10.4. The Morgan fingerprint density at radius 1 is 1.20 bits per heavy atom. The summed E-state index contributed by atoms with van der Waals surface area (Å²) in [6.07, 6.45) is 0.340. The second-order valence-corrected chi connectivity index (χ2v) is 5.29. The van der Waals surface area contributed by atoms with E-state index in [9.17, 15) is 13.6 Å². The number of aryl methyl sites for hydroxylation is 1. The number of rotatable bonds is 2. The molecule has 0 saturated heterocycles. The lowest BCUT2D eigenvalue weighted by Crippen LogP contribution is -1.81. The molecular formula is C10H6F2OS2. The van der Waals surface area contributed by atoms with Crippen LogP contribution < -0.4 is 0 Å². The second-order valence-electron chi connectivity index (χ2n) is 2.95. The molecule has 1 nitrogen and oxygen atoms in total. The Morgan fingerprint density at radius 2 is 1.93 bits per heavy atom. The van der Waals surface area contributed by atoms with Crippen molar-refractivity contribution in [3.8, 4) is 9.75 Å². The molecular weight excluding hydrogens is 238 g/mol. The predicted molar refractivity (Wildman–Crippen MR) is 57.7 cm³/mol. The zero-order chi connectivity index (χ0) is 11.0. The van der Waals surface area contributed by atoms with Gasteiger partial charge in [0, 0.05) is 9.75 Å². The second kappa shape index (κ2) is 3.83. The minimum absolute atomic E-state index is 0.187. The highest BCUT2D eigenvalue weighted by Gasteiger charge is 2.19. The van der Waals surface area contributed by atoms with Crippen molar-refractivity contribution >= 4 is 29.0 Å². The molecule has 0 aliphatic heterocycles. The quantitative estimate of drug-likeness (QED) is 0.733. The Hall–Kier alpha value is -1.07. The van der Waals surface area contributed by atoms with Crippen molar-refractivity contribution in [3.63, 3.8) is 0 Å². The molecule has 0 aliphatic carbocycles. The van der Waals surface area contributed by atoms with Crippen molar-refractivity contribution in [1.29, 1.82) is 0 Å². The van der Waals surface area contributed by atoms with Crippen LogP contribution in [-0.4, -0.2) is 6.29 Å². The minimum atomic E-state index is -1.05. The molecule has 0 N–H and O–H groups in total. The van der Waals surface area contributed by atoms with E-state index < -0.39 is 11.6 Å². The molecule has 5 heteroatoms. The van der Waals surface area contributed by atoms with Crippen molar-refractivity contribution in [2.45, 2.75) is 6.92 Å². The molecule has 0 bridgehead atoms. The van der Waals surface area contributed by atoms with E-state index in [1.54, 1.807) is 6.07 Å². The van der Waals surface area contributed by atoms with Crippen molar-refractivity contribution in [2.75, 3.05) is 0 Å². The molecule has 0 spiro atoms. The first-order chi connectivity index (χ1) is 7.13. The average molecular weight is 244 g/mol.